The number of ether oxygens (including phenoxy) is 1. The third-order valence-corrected chi connectivity index (χ3v) is 6.36. The molecule has 1 saturated carbocycles. The van der Waals surface area contributed by atoms with Gasteiger partial charge in [-0.2, -0.15) is 0 Å². The van der Waals surface area contributed by atoms with Crippen molar-refractivity contribution in [1.29, 1.82) is 0 Å². The van der Waals surface area contributed by atoms with Gasteiger partial charge in [0.1, 0.15) is 11.9 Å². The van der Waals surface area contributed by atoms with Gasteiger partial charge < -0.3 is 20.1 Å². The number of carboxylic acids is 1. The highest BCUT2D eigenvalue weighted by Gasteiger charge is 2.43. The van der Waals surface area contributed by atoms with Crippen molar-refractivity contribution in [2.75, 3.05) is 0 Å². The molecule has 1 heterocycles. The van der Waals surface area contributed by atoms with Crippen molar-refractivity contribution in [3.63, 3.8) is 0 Å². The van der Waals surface area contributed by atoms with E-state index in [0.717, 1.165) is 37.7 Å². The fourth-order valence-electron chi connectivity index (χ4n) is 4.51. The van der Waals surface area contributed by atoms with Crippen molar-refractivity contribution in [1.82, 2.24) is 0 Å². The van der Waals surface area contributed by atoms with Gasteiger partial charge in [0, 0.05) is 18.3 Å². The van der Waals surface area contributed by atoms with E-state index in [2.05, 4.69) is 13.8 Å². The monoisotopic (exact) mass is 388 g/mol. The van der Waals surface area contributed by atoms with E-state index < -0.39 is 18.2 Å². The summed E-state index contributed by atoms with van der Waals surface area (Å²) in [7, 11) is 0. The van der Waals surface area contributed by atoms with Crippen molar-refractivity contribution in [2.24, 2.45) is 17.8 Å². The molecule has 1 fully saturated rings. The van der Waals surface area contributed by atoms with Gasteiger partial charge in [-0.1, -0.05) is 44.9 Å². The van der Waals surface area contributed by atoms with E-state index in [1.165, 1.54) is 0 Å². The Labute approximate surface area is 167 Å². The first kappa shape index (κ1) is 20.9. The first-order valence-corrected chi connectivity index (χ1v) is 10.5. The minimum absolute atomic E-state index is 0.0497. The van der Waals surface area contributed by atoms with E-state index in [0.29, 0.717) is 12.2 Å². The molecule has 2 aliphatic rings. The molecule has 6 atom stereocenters. The number of aliphatic hydroxyl groups excluding tert-OH is 2. The second-order valence-electron chi connectivity index (χ2n) is 8.36. The molecular weight excluding hydrogens is 356 g/mol. The number of carbonyl (C=O) groups is 1. The Kier molecular flexibility index (Phi) is 6.78. The molecule has 5 nitrogen and oxygen atoms in total. The number of carboxylic acid groups (broad SMARTS) is 1. The Morgan fingerprint density at radius 2 is 2.18 bits per heavy atom. The average Bonchev–Trinajstić information content (AvgIpc) is 2.85. The van der Waals surface area contributed by atoms with Crippen LogP contribution in [-0.2, 0) is 6.42 Å². The van der Waals surface area contributed by atoms with Crippen LogP contribution in [0.4, 0.5) is 0 Å². The molecule has 28 heavy (non-hydrogen) atoms. The number of benzene rings is 1. The summed E-state index contributed by atoms with van der Waals surface area (Å²) >= 11 is 0. The van der Waals surface area contributed by atoms with Gasteiger partial charge in [0.25, 0.3) is 0 Å². The molecule has 5 heteroatoms. The third kappa shape index (κ3) is 4.58. The Balaban J connectivity index is 1.70. The minimum atomic E-state index is -0.967. The summed E-state index contributed by atoms with van der Waals surface area (Å²) in [6.07, 6.45) is 8.09. The van der Waals surface area contributed by atoms with Crippen LogP contribution >= 0.6 is 0 Å². The lowest BCUT2D eigenvalue weighted by molar-refractivity contribution is 0.0695. The van der Waals surface area contributed by atoms with Crippen LogP contribution in [0.5, 0.6) is 5.75 Å². The molecule has 154 valence electrons. The van der Waals surface area contributed by atoms with E-state index in [9.17, 15) is 20.1 Å². The van der Waals surface area contributed by atoms with Crippen LogP contribution in [0.3, 0.4) is 0 Å². The molecule has 0 bridgehead atoms. The molecular formula is C23H32O5. The van der Waals surface area contributed by atoms with Gasteiger partial charge in [-0.25, -0.2) is 4.79 Å². The van der Waals surface area contributed by atoms with Crippen LogP contribution in [0.1, 0.15) is 61.9 Å². The van der Waals surface area contributed by atoms with Crippen LogP contribution in [0.2, 0.25) is 0 Å². The summed E-state index contributed by atoms with van der Waals surface area (Å²) in [5.41, 5.74) is 1.24. The predicted molar refractivity (Wildman–Crippen MR) is 108 cm³/mol. The second-order valence-corrected chi connectivity index (χ2v) is 8.36. The molecule has 0 spiro atoms. The van der Waals surface area contributed by atoms with E-state index in [1.807, 2.05) is 18.2 Å². The topological polar surface area (TPSA) is 87.0 Å². The maximum absolute atomic E-state index is 11.2. The fourth-order valence-corrected chi connectivity index (χ4v) is 4.51. The Morgan fingerprint density at radius 3 is 2.89 bits per heavy atom. The maximum atomic E-state index is 11.2. The standard InChI is InChI=1S/C23H32O5/c1-3-4-5-14(2)19(24)11-10-17-18-9-8-15-6-7-16(23(26)27)12-21(15)28-22(18)13-20(17)25/h6-7,10-12,14,17-20,22,24-25H,3-5,8-9,13H2,1-2H3,(H,26,27)/b11-10+/t14-,17-,18-,19?,20-,22+/m1/s1. The van der Waals surface area contributed by atoms with Crippen molar-refractivity contribution in [2.45, 2.75) is 70.7 Å². The maximum Gasteiger partial charge on any atom is 0.335 e. The van der Waals surface area contributed by atoms with Gasteiger partial charge in [0.05, 0.1) is 17.8 Å². The number of hydrogen-bond acceptors (Lipinski definition) is 4. The molecule has 1 aliphatic heterocycles. The van der Waals surface area contributed by atoms with E-state index >= 15 is 0 Å². The lowest BCUT2D eigenvalue weighted by Crippen LogP contribution is -2.24. The van der Waals surface area contributed by atoms with Gasteiger partial charge in [-0.3, -0.25) is 0 Å². The van der Waals surface area contributed by atoms with Crippen LogP contribution in [0.25, 0.3) is 0 Å². The van der Waals surface area contributed by atoms with E-state index in [4.69, 9.17) is 4.74 Å². The lowest BCUT2D eigenvalue weighted by atomic mass is 9.87. The predicted octanol–water partition coefficient (Wildman–Crippen LogP) is 3.82. The van der Waals surface area contributed by atoms with Crippen LogP contribution in [-0.4, -0.2) is 39.6 Å². The largest absolute Gasteiger partial charge is 0.490 e. The van der Waals surface area contributed by atoms with Crippen molar-refractivity contribution < 1.29 is 24.9 Å². The Bertz CT molecular complexity index is 713. The molecule has 1 aromatic rings. The highest BCUT2D eigenvalue weighted by molar-refractivity contribution is 5.88. The first-order valence-electron chi connectivity index (χ1n) is 10.5. The number of aryl methyl sites for hydroxylation is 1. The molecule has 1 aliphatic carbocycles. The second kappa shape index (κ2) is 9.10. The zero-order valence-corrected chi connectivity index (χ0v) is 16.8. The highest BCUT2D eigenvalue weighted by Crippen LogP contribution is 2.42. The average molecular weight is 389 g/mol. The van der Waals surface area contributed by atoms with Crippen LogP contribution < -0.4 is 4.74 Å². The molecule has 0 amide bonds. The molecule has 1 aromatic carbocycles. The van der Waals surface area contributed by atoms with Crippen molar-refractivity contribution in [3.05, 3.63) is 41.5 Å². The van der Waals surface area contributed by atoms with Crippen LogP contribution in [0.15, 0.2) is 30.4 Å². The van der Waals surface area contributed by atoms with Gasteiger partial charge in [-0.05, 0) is 42.9 Å². The Morgan fingerprint density at radius 1 is 1.39 bits per heavy atom. The zero-order valence-electron chi connectivity index (χ0n) is 16.8. The summed E-state index contributed by atoms with van der Waals surface area (Å²) in [4.78, 5) is 11.2. The quantitative estimate of drug-likeness (QED) is 0.618. The highest BCUT2D eigenvalue weighted by atomic mass is 16.5. The summed E-state index contributed by atoms with van der Waals surface area (Å²) in [5, 5.41) is 30.2. The summed E-state index contributed by atoms with van der Waals surface area (Å²) < 4.78 is 6.16. The molecule has 0 aromatic heterocycles. The normalized spacial score (nSPS) is 28.9. The van der Waals surface area contributed by atoms with Gasteiger partial charge >= 0.3 is 5.97 Å². The van der Waals surface area contributed by atoms with Gasteiger partial charge in [0.2, 0.25) is 0 Å². The smallest absolute Gasteiger partial charge is 0.335 e. The van der Waals surface area contributed by atoms with Crippen molar-refractivity contribution in [3.8, 4) is 5.75 Å². The zero-order chi connectivity index (χ0) is 20.3. The van der Waals surface area contributed by atoms with Gasteiger partial charge in [0.15, 0.2) is 0 Å². The number of unbranched alkanes of at least 4 members (excludes halogenated alkanes) is 1. The number of fused-ring (bicyclic) bond motifs is 2. The minimum Gasteiger partial charge on any atom is -0.490 e. The summed E-state index contributed by atoms with van der Waals surface area (Å²) in [5.74, 6) is -0.0333. The SMILES string of the molecule is CCCC[C@@H](C)C(O)/C=C/[C@@H]1[C@H]2CCc3ccc(C(=O)O)cc3O[C@H]2C[C@H]1O. The molecule has 0 radical (unpaired) electrons. The summed E-state index contributed by atoms with van der Waals surface area (Å²) in [6.45, 7) is 4.21. The number of aromatic carboxylic acids is 1. The van der Waals surface area contributed by atoms with Crippen LogP contribution in [0, 0.1) is 17.8 Å². The number of aliphatic hydroxyl groups is 2. The molecule has 3 N–H and O–H groups in total. The Hall–Kier alpha value is -1.85. The summed E-state index contributed by atoms with van der Waals surface area (Å²) in [6, 6.07) is 5.04. The molecule has 3 rings (SSSR count). The van der Waals surface area contributed by atoms with Gasteiger partial charge in [-0.15, -0.1) is 0 Å². The van der Waals surface area contributed by atoms with E-state index in [-0.39, 0.29) is 29.4 Å². The lowest BCUT2D eigenvalue weighted by Gasteiger charge is -2.22. The molecule has 0 saturated heterocycles. The fraction of sp³-hybridized carbons (Fsp3) is 0.609. The molecule has 1 unspecified atom stereocenters. The van der Waals surface area contributed by atoms with Crippen molar-refractivity contribution >= 4 is 5.97 Å². The first-order chi connectivity index (χ1) is 13.4. The van der Waals surface area contributed by atoms with E-state index in [1.54, 1.807) is 12.1 Å². The number of hydrogen-bond donors (Lipinski definition) is 3. The number of rotatable bonds is 7. The third-order valence-electron chi connectivity index (χ3n) is 6.36.